The summed E-state index contributed by atoms with van der Waals surface area (Å²) >= 11 is 5.97. The SMILES string of the molecule is CCC(O)(C(=O)Nc1cccc(NC(=O)NCC(N)=O)c1)c1cccc(Cl)c1. The average Bonchev–Trinajstić information content (AvgIpc) is 2.66. The van der Waals surface area contributed by atoms with Gasteiger partial charge in [0.2, 0.25) is 5.91 Å². The van der Waals surface area contributed by atoms with Crippen molar-refractivity contribution < 1.29 is 19.5 Å². The third-order valence-electron chi connectivity index (χ3n) is 3.99. The Kier molecular flexibility index (Phi) is 6.97. The molecule has 0 saturated carbocycles. The molecule has 0 fully saturated rings. The highest BCUT2D eigenvalue weighted by Crippen LogP contribution is 2.29. The molecular formula is C19H21ClN4O4. The van der Waals surface area contributed by atoms with Crippen molar-refractivity contribution in [1.82, 2.24) is 5.32 Å². The molecule has 2 aromatic rings. The molecule has 2 rings (SSSR count). The summed E-state index contributed by atoms with van der Waals surface area (Å²) in [5, 5.41) is 18.7. The zero-order valence-corrected chi connectivity index (χ0v) is 15.9. The number of hydrogen-bond acceptors (Lipinski definition) is 4. The average molecular weight is 405 g/mol. The van der Waals surface area contributed by atoms with E-state index in [0.717, 1.165) is 0 Å². The summed E-state index contributed by atoms with van der Waals surface area (Å²) in [5.74, 6) is -1.30. The highest BCUT2D eigenvalue weighted by atomic mass is 35.5. The number of nitrogens with two attached hydrogens (primary N) is 1. The summed E-state index contributed by atoms with van der Waals surface area (Å²) in [5.41, 5.74) is 4.31. The molecule has 28 heavy (non-hydrogen) atoms. The highest BCUT2D eigenvalue weighted by molar-refractivity contribution is 6.30. The number of carbonyl (C=O) groups excluding carboxylic acids is 3. The van der Waals surface area contributed by atoms with Gasteiger partial charge < -0.3 is 26.8 Å². The van der Waals surface area contributed by atoms with Gasteiger partial charge in [-0.1, -0.05) is 36.7 Å². The fraction of sp³-hybridized carbons (Fsp3) is 0.211. The van der Waals surface area contributed by atoms with Gasteiger partial charge in [-0.25, -0.2) is 4.79 Å². The van der Waals surface area contributed by atoms with E-state index in [9.17, 15) is 19.5 Å². The number of carbonyl (C=O) groups is 3. The van der Waals surface area contributed by atoms with Gasteiger partial charge in [-0.15, -0.1) is 0 Å². The van der Waals surface area contributed by atoms with Crippen LogP contribution in [0.3, 0.4) is 0 Å². The molecule has 148 valence electrons. The van der Waals surface area contributed by atoms with Crippen LogP contribution in [0.1, 0.15) is 18.9 Å². The predicted octanol–water partition coefficient (Wildman–Crippen LogP) is 2.18. The van der Waals surface area contributed by atoms with Crippen molar-refractivity contribution in [2.75, 3.05) is 17.2 Å². The lowest BCUT2D eigenvalue weighted by Gasteiger charge is -2.26. The number of hydrogen-bond donors (Lipinski definition) is 5. The second-order valence-corrected chi connectivity index (χ2v) is 6.47. The van der Waals surface area contributed by atoms with Crippen LogP contribution in [0.25, 0.3) is 0 Å². The maximum Gasteiger partial charge on any atom is 0.319 e. The maximum atomic E-state index is 12.7. The standard InChI is InChI=1S/C19H21ClN4O4/c1-2-19(28,12-5-3-6-13(20)9-12)17(26)23-14-7-4-8-15(10-14)24-18(27)22-11-16(21)25/h3-10,28H,2,11H2,1H3,(H2,21,25)(H,23,26)(H2,22,24,27). The normalized spacial score (nSPS) is 12.5. The molecule has 8 nitrogen and oxygen atoms in total. The lowest BCUT2D eigenvalue weighted by atomic mass is 9.90. The number of anilines is 2. The summed E-state index contributed by atoms with van der Waals surface area (Å²) in [4.78, 5) is 35.1. The Labute approximate surface area is 167 Å². The Morgan fingerprint density at radius 2 is 1.71 bits per heavy atom. The fourth-order valence-electron chi connectivity index (χ4n) is 2.49. The molecule has 1 atom stereocenters. The van der Waals surface area contributed by atoms with Crippen LogP contribution in [0.15, 0.2) is 48.5 Å². The number of urea groups is 1. The Balaban J connectivity index is 2.12. The zero-order valence-electron chi connectivity index (χ0n) is 15.2. The van der Waals surface area contributed by atoms with Crippen LogP contribution in [0.2, 0.25) is 5.02 Å². The van der Waals surface area contributed by atoms with Crippen LogP contribution in [0, 0.1) is 0 Å². The number of halogens is 1. The van der Waals surface area contributed by atoms with Crippen LogP contribution >= 0.6 is 11.6 Å². The van der Waals surface area contributed by atoms with Crippen LogP contribution in [0.4, 0.5) is 16.2 Å². The van der Waals surface area contributed by atoms with Crippen LogP contribution in [-0.4, -0.2) is 29.5 Å². The third kappa shape index (κ3) is 5.45. The van der Waals surface area contributed by atoms with Crippen molar-refractivity contribution in [3.05, 3.63) is 59.1 Å². The third-order valence-corrected chi connectivity index (χ3v) is 4.23. The summed E-state index contributed by atoms with van der Waals surface area (Å²) in [6, 6.07) is 12.2. The molecule has 0 aromatic heterocycles. The first-order valence-corrected chi connectivity index (χ1v) is 8.85. The van der Waals surface area contributed by atoms with E-state index in [0.29, 0.717) is 22.0 Å². The quantitative estimate of drug-likeness (QED) is 0.483. The van der Waals surface area contributed by atoms with Crippen molar-refractivity contribution in [2.24, 2.45) is 5.73 Å². The minimum atomic E-state index is -1.77. The van der Waals surface area contributed by atoms with Gasteiger partial charge in [-0.05, 0) is 42.3 Å². The first kappa shape index (κ1) is 21.2. The van der Waals surface area contributed by atoms with Gasteiger partial charge in [0.1, 0.15) is 0 Å². The topological polar surface area (TPSA) is 134 Å². The molecule has 1 unspecified atom stereocenters. The smallest absolute Gasteiger partial charge is 0.319 e. The first-order chi connectivity index (χ1) is 13.2. The number of benzene rings is 2. The molecule has 0 aliphatic rings. The van der Waals surface area contributed by atoms with E-state index in [2.05, 4.69) is 16.0 Å². The molecule has 9 heteroatoms. The second-order valence-electron chi connectivity index (χ2n) is 6.03. The largest absolute Gasteiger partial charge is 0.375 e. The van der Waals surface area contributed by atoms with Crippen LogP contribution in [0.5, 0.6) is 0 Å². The van der Waals surface area contributed by atoms with E-state index in [4.69, 9.17) is 17.3 Å². The van der Waals surface area contributed by atoms with Crippen molar-refractivity contribution in [3.63, 3.8) is 0 Å². The Hall–Kier alpha value is -3.10. The van der Waals surface area contributed by atoms with Crippen molar-refractivity contribution in [3.8, 4) is 0 Å². The van der Waals surface area contributed by atoms with Gasteiger partial charge in [0, 0.05) is 16.4 Å². The fourth-order valence-corrected chi connectivity index (χ4v) is 2.68. The molecular weight excluding hydrogens is 384 g/mol. The minimum Gasteiger partial charge on any atom is -0.375 e. The van der Waals surface area contributed by atoms with Gasteiger partial charge >= 0.3 is 6.03 Å². The summed E-state index contributed by atoms with van der Waals surface area (Å²) in [6.45, 7) is 1.38. The molecule has 0 aliphatic heterocycles. The van der Waals surface area contributed by atoms with Crippen molar-refractivity contribution in [2.45, 2.75) is 18.9 Å². The van der Waals surface area contributed by atoms with E-state index >= 15 is 0 Å². The number of primary amides is 1. The van der Waals surface area contributed by atoms with Gasteiger partial charge in [-0.2, -0.15) is 0 Å². The van der Waals surface area contributed by atoms with Gasteiger partial charge in [0.15, 0.2) is 5.60 Å². The molecule has 0 heterocycles. The molecule has 0 radical (unpaired) electrons. The van der Waals surface area contributed by atoms with Gasteiger partial charge in [-0.3, -0.25) is 9.59 Å². The summed E-state index contributed by atoms with van der Waals surface area (Å²) in [6.07, 6.45) is 0.132. The first-order valence-electron chi connectivity index (χ1n) is 8.47. The predicted molar refractivity (Wildman–Crippen MR) is 107 cm³/mol. The van der Waals surface area contributed by atoms with E-state index < -0.39 is 23.4 Å². The summed E-state index contributed by atoms with van der Waals surface area (Å²) < 4.78 is 0. The monoisotopic (exact) mass is 404 g/mol. The zero-order chi connectivity index (χ0) is 20.7. The van der Waals surface area contributed by atoms with Crippen molar-refractivity contribution in [1.29, 1.82) is 0 Å². The molecule has 6 N–H and O–H groups in total. The minimum absolute atomic E-state index is 0.132. The Morgan fingerprint density at radius 1 is 1.07 bits per heavy atom. The second kappa shape index (κ2) is 9.20. The van der Waals surface area contributed by atoms with Crippen LogP contribution < -0.4 is 21.7 Å². The van der Waals surface area contributed by atoms with Crippen LogP contribution in [-0.2, 0) is 15.2 Å². The molecule has 0 aliphatic carbocycles. The molecule has 2 aromatic carbocycles. The number of amides is 4. The van der Waals surface area contributed by atoms with E-state index in [1.165, 1.54) is 12.1 Å². The maximum absolute atomic E-state index is 12.7. The Morgan fingerprint density at radius 3 is 2.32 bits per heavy atom. The van der Waals surface area contributed by atoms with E-state index in [1.54, 1.807) is 43.3 Å². The van der Waals surface area contributed by atoms with E-state index in [-0.39, 0.29) is 13.0 Å². The van der Waals surface area contributed by atoms with Crippen molar-refractivity contribution >= 4 is 40.8 Å². The number of nitrogens with one attached hydrogen (secondary N) is 3. The summed E-state index contributed by atoms with van der Waals surface area (Å²) in [7, 11) is 0. The Bertz CT molecular complexity index is 890. The lowest BCUT2D eigenvalue weighted by Crippen LogP contribution is -2.39. The number of rotatable bonds is 7. The molecule has 0 bridgehead atoms. The lowest BCUT2D eigenvalue weighted by molar-refractivity contribution is -0.135. The molecule has 0 spiro atoms. The van der Waals surface area contributed by atoms with Gasteiger partial charge in [0.05, 0.1) is 6.54 Å². The number of aliphatic hydroxyl groups is 1. The highest BCUT2D eigenvalue weighted by Gasteiger charge is 2.36. The molecule has 4 amide bonds. The van der Waals surface area contributed by atoms with Gasteiger partial charge in [0.25, 0.3) is 5.91 Å². The molecule has 0 saturated heterocycles. The van der Waals surface area contributed by atoms with E-state index in [1.807, 2.05) is 0 Å².